The second-order valence-corrected chi connectivity index (χ2v) is 5.43. The Bertz CT molecular complexity index is 412. The number of aromatic nitrogens is 1. The number of aryl methyl sites for hydroxylation is 2. The molecule has 0 amide bonds. The Morgan fingerprint density at radius 1 is 1.12 bits per heavy atom. The normalized spacial score (nSPS) is 19.8. The zero-order chi connectivity index (χ0) is 11.7. The Kier molecular flexibility index (Phi) is 3.15. The summed E-state index contributed by atoms with van der Waals surface area (Å²) in [7, 11) is 0. The molecular weight excluding hydrogens is 208 g/mol. The molecule has 17 heavy (non-hydrogen) atoms. The summed E-state index contributed by atoms with van der Waals surface area (Å²) >= 11 is 0. The summed E-state index contributed by atoms with van der Waals surface area (Å²) in [4.78, 5) is 7.49. The van der Waals surface area contributed by atoms with Gasteiger partial charge < -0.3 is 0 Å². The molecule has 92 valence electrons. The third-order valence-electron chi connectivity index (χ3n) is 4.07. The van der Waals surface area contributed by atoms with Crippen molar-refractivity contribution < 1.29 is 0 Å². The summed E-state index contributed by atoms with van der Waals surface area (Å²) in [5.74, 6) is 0. The van der Waals surface area contributed by atoms with Crippen LogP contribution in [-0.4, -0.2) is 23.0 Å². The Balaban J connectivity index is 1.87. The van der Waals surface area contributed by atoms with E-state index in [-0.39, 0.29) is 0 Å². The molecule has 2 heterocycles. The van der Waals surface area contributed by atoms with Crippen LogP contribution in [-0.2, 0) is 25.8 Å². The summed E-state index contributed by atoms with van der Waals surface area (Å²) in [6, 6.07) is 2.46. The number of nitrogens with zero attached hydrogens (tertiary/aromatic N) is 2. The first-order valence-electron chi connectivity index (χ1n) is 7.09. The Morgan fingerprint density at radius 3 is 2.82 bits per heavy atom. The molecule has 0 saturated heterocycles. The third-order valence-corrected chi connectivity index (χ3v) is 4.07. The maximum absolute atomic E-state index is 4.92. The van der Waals surface area contributed by atoms with E-state index in [2.05, 4.69) is 17.9 Å². The van der Waals surface area contributed by atoms with Gasteiger partial charge in [0.1, 0.15) is 0 Å². The van der Waals surface area contributed by atoms with E-state index in [1.54, 1.807) is 0 Å². The molecule has 1 aliphatic carbocycles. The van der Waals surface area contributed by atoms with Gasteiger partial charge in [0.05, 0.1) is 0 Å². The maximum Gasteiger partial charge on any atom is 0.0464 e. The van der Waals surface area contributed by atoms with Gasteiger partial charge in [-0.2, -0.15) is 0 Å². The van der Waals surface area contributed by atoms with Gasteiger partial charge in [0, 0.05) is 30.9 Å². The molecule has 2 heteroatoms. The van der Waals surface area contributed by atoms with Gasteiger partial charge in [-0.15, -0.1) is 0 Å². The van der Waals surface area contributed by atoms with Crippen LogP contribution in [0.4, 0.5) is 0 Å². The van der Waals surface area contributed by atoms with Gasteiger partial charge in [-0.05, 0) is 49.8 Å². The molecule has 0 N–H and O–H groups in total. The van der Waals surface area contributed by atoms with Crippen molar-refractivity contribution in [1.82, 2.24) is 9.88 Å². The molecule has 0 aromatic carbocycles. The molecule has 3 rings (SSSR count). The molecule has 1 aliphatic heterocycles. The average Bonchev–Trinajstić information content (AvgIpc) is 2.36. The van der Waals surface area contributed by atoms with Crippen LogP contribution in [0.5, 0.6) is 0 Å². The second-order valence-electron chi connectivity index (χ2n) is 5.43. The van der Waals surface area contributed by atoms with Crippen LogP contribution < -0.4 is 0 Å². The number of rotatable bonds is 2. The standard InChI is InChI=1S/C15H22N2/c1-2-8-17-9-7-15-13(11-17)10-12-5-3-4-6-14(12)16-15/h10H,2-9,11H2,1H3. The van der Waals surface area contributed by atoms with Crippen LogP contribution >= 0.6 is 0 Å². The minimum Gasteiger partial charge on any atom is -0.299 e. The third kappa shape index (κ3) is 2.23. The fourth-order valence-corrected chi connectivity index (χ4v) is 3.17. The number of hydrogen-bond acceptors (Lipinski definition) is 2. The van der Waals surface area contributed by atoms with Crippen molar-refractivity contribution in [1.29, 1.82) is 0 Å². The molecule has 0 saturated carbocycles. The first-order valence-corrected chi connectivity index (χ1v) is 7.09. The lowest BCUT2D eigenvalue weighted by Gasteiger charge is -2.29. The largest absolute Gasteiger partial charge is 0.299 e. The van der Waals surface area contributed by atoms with E-state index in [1.807, 2.05) is 0 Å². The molecule has 2 aliphatic rings. The van der Waals surface area contributed by atoms with Crippen molar-refractivity contribution in [2.75, 3.05) is 13.1 Å². The molecule has 1 aromatic heterocycles. The first kappa shape index (κ1) is 11.2. The van der Waals surface area contributed by atoms with Crippen molar-refractivity contribution >= 4 is 0 Å². The zero-order valence-electron chi connectivity index (χ0n) is 10.8. The lowest BCUT2D eigenvalue weighted by atomic mass is 9.92. The van der Waals surface area contributed by atoms with Gasteiger partial charge in [-0.3, -0.25) is 9.88 Å². The van der Waals surface area contributed by atoms with E-state index < -0.39 is 0 Å². The molecule has 2 nitrogen and oxygen atoms in total. The van der Waals surface area contributed by atoms with E-state index in [0.717, 1.165) is 13.0 Å². The van der Waals surface area contributed by atoms with Crippen molar-refractivity contribution in [2.45, 2.75) is 52.0 Å². The molecule has 0 radical (unpaired) electrons. The molecule has 0 spiro atoms. The predicted octanol–water partition coefficient (Wildman–Crippen LogP) is 2.73. The van der Waals surface area contributed by atoms with Crippen LogP contribution in [0.2, 0.25) is 0 Å². The molecule has 0 bridgehead atoms. The van der Waals surface area contributed by atoms with Crippen molar-refractivity contribution in [3.63, 3.8) is 0 Å². The van der Waals surface area contributed by atoms with E-state index >= 15 is 0 Å². The summed E-state index contributed by atoms with van der Waals surface area (Å²) < 4.78 is 0. The molecule has 0 unspecified atom stereocenters. The highest BCUT2D eigenvalue weighted by molar-refractivity contribution is 5.33. The van der Waals surface area contributed by atoms with Gasteiger partial charge in [0.15, 0.2) is 0 Å². The Labute approximate surface area is 104 Å². The maximum atomic E-state index is 4.92. The number of pyridine rings is 1. The van der Waals surface area contributed by atoms with Crippen molar-refractivity contribution in [2.24, 2.45) is 0 Å². The minimum atomic E-state index is 1.13. The lowest BCUT2D eigenvalue weighted by molar-refractivity contribution is 0.252. The first-order chi connectivity index (χ1) is 8.36. The molecule has 0 atom stereocenters. The highest BCUT2D eigenvalue weighted by atomic mass is 15.1. The number of hydrogen-bond donors (Lipinski definition) is 0. The van der Waals surface area contributed by atoms with Crippen LogP contribution in [0, 0.1) is 0 Å². The van der Waals surface area contributed by atoms with Gasteiger partial charge in [-0.25, -0.2) is 0 Å². The monoisotopic (exact) mass is 230 g/mol. The minimum absolute atomic E-state index is 1.13. The van der Waals surface area contributed by atoms with Crippen LogP contribution in [0.25, 0.3) is 0 Å². The molecule has 1 aromatic rings. The zero-order valence-corrected chi connectivity index (χ0v) is 10.8. The van der Waals surface area contributed by atoms with Crippen LogP contribution in [0.15, 0.2) is 6.07 Å². The fourth-order valence-electron chi connectivity index (χ4n) is 3.17. The quantitative estimate of drug-likeness (QED) is 0.776. The van der Waals surface area contributed by atoms with E-state index in [1.165, 1.54) is 67.7 Å². The summed E-state index contributed by atoms with van der Waals surface area (Å²) in [5, 5.41) is 0. The summed E-state index contributed by atoms with van der Waals surface area (Å²) in [6.07, 6.45) is 7.56. The predicted molar refractivity (Wildman–Crippen MR) is 70.2 cm³/mol. The summed E-state index contributed by atoms with van der Waals surface area (Å²) in [6.45, 7) is 5.83. The SMILES string of the molecule is CCCN1CCc2nc3c(cc2C1)CCCC3. The van der Waals surface area contributed by atoms with E-state index in [0.29, 0.717) is 0 Å². The Morgan fingerprint density at radius 2 is 1.94 bits per heavy atom. The van der Waals surface area contributed by atoms with Crippen molar-refractivity contribution in [3.05, 3.63) is 28.6 Å². The fraction of sp³-hybridized carbons (Fsp3) is 0.667. The summed E-state index contributed by atoms with van der Waals surface area (Å²) in [5.41, 5.74) is 5.83. The van der Waals surface area contributed by atoms with Gasteiger partial charge in [0.25, 0.3) is 0 Å². The Hall–Kier alpha value is -0.890. The lowest BCUT2D eigenvalue weighted by Crippen LogP contribution is -2.32. The molecular formula is C15H22N2. The van der Waals surface area contributed by atoms with Crippen LogP contribution in [0.3, 0.4) is 0 Å². The van der Waals surface area contributed by atoms with Gasteiger partial charge in [0.2, 0.25) is 0 Å². The highest BCUT2D eigenvalue weighted by Gasteiger charge is 2.20. The topological polar surface area (TPSA) is 16.1 Å². The highest BCUT2D eigenvalue weighted by Crippen LogP contribution is 2.25. The second kappa shape index (κ2) is 4.77. The smallest absolute Gasteiger partial charge is 0.0464 e. The van der Waals surface area contributed by atoms with Crippen molar-refractivity contribution in [3.8, 4) is 0 Å². The van der Waals surface area contributed by atoms with E-state index in [9.17, 15) is 0 Å². The van der Waals surface area contributed by atoms with Gasteiger partial charge >= 0.3 is 0 Å². The van der Waals surface area contributed by atoms with Gasteiger partial charge in [-0.1, -0.05) is 13.0 Å². The average molecular weight is 230 g/mol. The van der Waals surface area contributed by atoms with E-state index in [4.69, 9.17) is 4.98 Å². The number of fused-ring (bicyclic) bond motifs is 2. The van der Waals surface area contributed by atoms with Crippen LogP contribution in [0.1, 0.15) is 48.7 Å². The molecule has 0 fully saturated rings.